The van der Waals surface area contributed by atoms with Crippen LogP contribution in [0.1, 0.15) is 36.7 Å². The van der Waals surface area contributed by atoms with Gasteiger partial charge in [-0.25, -0.2) is 0 Å². The highest BCUT2D eigenvalue weighted by Crippen LogP contribution is 2.28. The lowest BCUT2D eigenvalue weighted by Crippen LogP contribution is -2.14. The molecule has 0 amide bonds. The van der Waals surface area contributed by atoms with E-state index < -0.39 is 0 Å². The highest BCUT2D eigenvalue weighted by atomic mass is 15.1. The Hall–Kier alpha value is -0.830. The molecule has 0 aromatic carbocycles. The molecule has 88 valence electrons. The molecule has 3 heteroatoms. The van der Waals surface area contributed by atoms with E-state index in [-0.39, 0.29) is 0 Å². The smallest absolute Gasteiger partial charge is 0.0660 e. The molecule has 2 N–H and O–H groups in total. The Bertz CT molecular complexity index is 363. The zero-order chi connectivity index (χ0) is 11.0. The molecule has 3 rings (SSSR count). The first kappa shape index (κ1) is 10.3. The lowest BCUT2D eigenvalue weighted by molar-refractivity contribution is 0.492. The third-order valence-corrected chi connectivity index (χ3v) is 4.12. The fraction of sp³-hybridized carbons (Fsp3) is 0.769. The van der Waals surface area contributed by atoms with Gasteiger partial charge in [0, 0.05) is 5.69 Å². The summed E-state index contributed by atoms with van der Waals surface area (Å²) < 4.78 is 0. The third-order valence-electron chi connectivity index (χ3n) is 4.12. The van der Waals surface area contributed by atoms with E-state index in [2.05, 4.69) is 22.4 Å². The van der Waals surface area contributed by atoms with Crippen molar-refractivity contribution in [3.8, 4) is 0 Å². The second-order valence-electron chi connectivity index (χ2n) is 5.54. The Morgan fingerprint density at radius 2 is 2.31 bits per heavy atom. The van der Waals surface area contributed by atoms with Gasteiger partial charge >= 0.3 is 0 Å². The fourth-order valence-corrected chi connectivity index (χ4v) is 3.06. The normalized spacial score (nSPS) is 29.3. The summed E-state index contributed by atoms with van der Waals surface area (Å²) in [4.78, 5) is 0. The van der Waals surface area contributed by atoms with E-state index >= 15 is 0 Å². The van der Waals surface area contributed by atoms with Crippen LogP contribution in [-0.2, 0) is 19.3 Å². The van der Waals surface area contributed by atoms with Crippen LogP contribution < -0.4 is 5.32 Å². The summed E-state index contributed by atoms with van der Waals surface area (Å²) in [5, 5.41) is 11.2. The predicted molar refractivity (Wildman–Crippen MR) is 64.5 cm³/mol. The van der Waals surface area contributed by atoms with E-state index in [1.54, 1.807) is 5.56 Å². The van der Waals surface area contributed by atoms with Gasteiger partial charge in [0.05, 0.1) is 5.69 Å². The van der Waals surface area contributed by atoms with Gasteiger partial charge in [0.2, 0.25) is 0 Å². The summed E-state index contributed by atoms with van der Waals surface area (Å²) in [6, 6.07) is 0. The molecular formula is C13H21N3. The fourth-order valence-electron chi connectivity index (χ4n) is 3.06. The topological polar surface area (TPSA) is 40.7 Å². The number of rotatable bonds is 2. The first-order chi connectivity index (χ1) is 7.83. The number of aromatic nitrogens is 2. The Labute approximate surface area is 97.0 Å². The Morgan fingerprint density at radius 1 is 1.38 bits per heavy atom. The molecule has 1 fully saturated rings. The van der Waals surface area contributed by atoms with E-state index in [1.165, 1.54) is 56.6 Å². The number of aryl methyl sites for hydroxylation is 1. The van der Waals surface area contributed by atoms with Gasteiger partial charge in [-0.05, 0) is 62.6 Å². The Balaban J connectivity index is 1.77. The maximum atomic E-state index is 4.54. The van der Waals surface area contributed by atoms with Crippen molar-refractivity contribution < 1.29 is 0 Å². The van der Waals surface area contributed by atoms with Crippen molar-refractivity contribution in [2.75, 3.05) is 13.1 Å². The van der Waals surface area contributed by atoms with E-state index in [0.717, 1.165) is 11.8 Å². The molecule has 2 heterocycles. The molecule has 3 nitrogen and oxygen atoms in total. The minimum atomic E-state index is 0.810. The highest BCUT2D eigenvalue weighted by molar-refractivity contribution is 5.28. The molecular weight excluding hydrogens is 198 g/mol. The average Bonchev–Trinajstić information content (AvgIpc) is 2.90. The average molecular weight is 219 g/mol. The van der Waals surface area contributed by atoms with Gasteiger partial charge in [-0.2, -0.15) is 5.10 Å². The summed E-state index contributed by atoms with van der Waals surface area (Å²) in [5.74, 6) is 1.65. The van der Waals surface area contributed by atoms with Gasteiger partial charge in [0.25, 0.3) is 0 Å². The SMILES string of the molecule is CC1CCc2[nH]nc(CC3CCNC3)c2C1. The summed E-state index contributed by atoms with van der Waals surface area (Å²) in [6.45, 7) is 4.72. The Morgan fingerprint density at radius 3 is 3.12 bits per heavy atom. The lowest BCUT2D eigenvalue weighted by Gasteiger charge is -2.18. The molecule has 2 aliphatic rings. The minimum absolute atomic E-state index is 0.810. The Kier molecular flexibility index (Phi) is 2.72. The maximum absolute atomic E-state index is 4.54. The summed E-state index contributed by atoms with van der Waals surface area (Å²) in [6.07, 6.45) is 6.25. The molecule has 2 atom stereocenters. The van der Waals surface area contributed by atoms with Crippen LogP contribution in [-0.4, -0.2) is 23.3 Å². The van der Waals surface area contributed by atoms with Gasteiger partial charge in [0.15, 0.2) is 0 Å². The van der Waals surface area contributed by atoms with E-state index in [0.29, 0.717) is 0 Å². The number of hydrogen-bond acceptors (Lipinski definition) is 2. The lowest BCUT2D eigenvalue weighted by atomic mass is 9.86. The third kappa shape index (κ3) is 1.88. The first-order valence-electron chi connectivity index (χ1n) is 6.58. The number of fused-ring (bicyclic) bond motifs is 1. The van der Waals surface area contributed by atoms with Crippen LogP contribution >= 0.6 is 0 Å². The van der Waals surface area contributed by atoms with Gasteiger partial charge in [0.1, 0.15) is 0 Å². The second-order valence-corrected chi connectivity index (χ2v) is 5.54. The zero-order valence-corrected chi connectivity index (χ0v) is 10.1. The van der Waals surface area contributed by atoms with Crippen LogP contribution in [0.4, 0.5) is 0 Å². The summed E-state index contributed by atoms with van der Waals surface area (Å²) in [7, 11) is 0. The molecule has 0 saturated carbocycles. The minimum Gasteiger partial charge on any atom is -0.316 e. The van der Waals surface area contributed by atoms with Crippen LogP contribution in [0, 0.1) is 11.8 Å². The number of H-pyrrole nitrogens is 1. The van der Waals surface area contributed by atoms with Gasteiger partial charge < -0.3 is 5.32 Å². The van der Waals surface area contributed by atoms with Crippen molar-refractivity contribution >= 4 is 0 Å². The summed E-state index contributed by atoms with van der Waals surface area (Å²) in [5.41, 5.74) is 4.32. The van der Waals surface area contributed by atoms with Gasteiger partial charge in [-0.3, -0.25) is 5.10 Å². The maximum Gasteiger partial charge on any atom is 0.0660 e. The van der Waals surface area contributed by atoms with Crippen LogP contribution in [0.3, 0.4) is 0 Å². The number of hydrogen-bond donors (Lipinski definition) is 2. The van der Waals surface area contributed by atoms with E-state index in [9.17, 15) is 0 Å². The van der Waals surface area contributed by atoms with Crippen molar-refractivity contribution in [1.29, 1.82) is 0 Å². The molecule has 2 unspecified atom stereocenters. The summed E-state index contributed by atoms with van der Waals surface area (Å²) >= 11 is 0. The first-order valence-corrected chi connectivity index (χ1v) is 6.58. The molecule has 0 radical (unpaired) electrons. The zero-order valence-electron chi connectivity index (χ0n) is 10.1. The number of aromatic amines is 1. The van der Waals surface area contributed by atoms with Crippen LogP contribution in [0.15, 0.2) is 0 Å². The molecule has 1 aromatic rings. The van der Waals surface area contributed by atoms with Crippen molar-refractivity contribution in [3.05, 3.63) is 17.0 Å². The molecule has 0 spiro atoms. The van der Waals surface area contributed by atoms with Crippen molar-refractivity contribution in [3.63, 3.8) is 0 Å². The quantitative estimate of drug-likeness (QED) is 0.794. The van der Waals surface area contributed by atoms with Crippen molar-refractivity contribution in [2.45, 2.75) is 39.0 Å². The number of nitrogens with zero attached hydrogens (tertiary/aromatic N) is 1. The van der Waals surface area contributed by atoms with Gasteiger partial charge in [-0.1, -0.05) is 6.92 Å². The molecule has 1 aliphatic carbocycles. The highest BCUT2D eigenvalue weighted by Gasteiger charge is 2.23. The molecule has 0 bridgehead atoms. The van der Waals surface area contributed by atoms with Crippen LogP contribution in [0.5, 0.6) is 0 Å². The number of nitrogens with one attached hydrogen (secondary N) is 2. The second kappa shape index (κ2) is 4.21. The molecule has 1 aliphatic heterocycles. The predicted octanol–water partition coefficient (Wildman–Crippen LogP) is 1.69. The van der Waals surface area contributed by atoms with Crippen LogP contribution in [0.2, 0.25) is 0 Å². The van der Waals surface area contributed by atoms with E-state index in [1.807, 2.05) is 0 Å². The molecule has 16 heavy (non-hydrogen) atoms. The standard InChI is InChI=1S/C13H21N3/c1-9-2-3-12-11(6-9)13(16-15-12)7-10-4-5-14-8-10/h9-10,14H,2-8H2,1H3,(H,15,16). The van der Waals surface area contributed by atoms with E-state index in [4.69, 9.17) is 0 Å². The molecule has 1 aromatic heterocycles. The van der Waals surface area contributed by atoms with Crippen molar-refractivity contribution in [2.24, 2.45) is 11.8 Å². The van der Waals surface area contributed by atoms with Gasteiger partial charge in [-0.15, -0.1) is 0 Å². The van der Waals surface area contributed by atoms with Crippen LogP contribution in [0.25, 0.3) is 0 Å². The van der Waals surface area contributed by atoms with Crippen molar-refractivity contribution in [1.82, 2.24) is 15.5 Å². The monoisotopic (exact) mass is 219 g/mol. The largest absolute Gasteiger partial charge is 0.316 e. The molecule has 1 saturated heterocycles.